The lowest BCUT2D eigenvalue weighted by molar-refractivity contribution is 0.295. The van der Waals surface area contributed by atoms with Crippen molar-refractivity contribution >= 4 is 17.0 Å². The molecule has 0 spiro atoms. The van der Waals surface area contributed by atoms with E-state index in [2.05, 4.69) is 20.4 Å². The van der Waals surface area contributed by atoms with Gasteiger partial charge in [-0.1, -0.05) is 11.3 Å². The molecule has 0 unspecified atom stereocenters. The molecule has 2 aromatic heterocycles. The minimum absolute atomic E-state index is 0.151. The van der Waals surface area contributed by atoms with E-state index < -0.39 is 11.6 Å². The lowest BCUT2D eigenvalue weighted by atomic mass is 10.1. The summed E-state index contributed by atoms with van der Waals surface area (Å²) in [6.07, 6.45) is 0. The van der Waals surface area contributed by atoms with Crippen LogP contribution in [-0.4, -0.2) is 20.4 Å². The van der Waals surface area contributed by atoms with Crippen molar-refractivity contribution in [2.45, 2.75) is 13.5 Å². The summed E-state index contributed by atoms with van der Waals surface area (Å²) < 4.78 is 33.0. The van der Waals surface area contributed by atoms with Crippen molar-refractivity contribution in [3.05, 3.63) is 41.0 Å². The minimum atomic E-state index is -0.670. The summed E-state index contributed by atoms with van der Waals surface area (Å²) in [6, 6.07) is 3.99. The molecule has 8 heteroatoms. The number of aromatic nitrogens is 4. The third-order valence-electron chi connectivity index (χ3n) is 3.03. The molecule has 0 aliphatic rings. The summed E-state index contributed by atoms with van der Waals surface area (Å²) in [7, 11) is 0. The van der Waals surface area contributed by atoms with Gasteiger partial charge in [0.25, 0.3) is 0 Å². The molecule has 0 amide bonds. The Labute approximate surface area is 117 Å². The molecule has 0 aliphatic heterocycles. The first-order valence-electron chi connectivity index (χ1n) is 6.10. The molecule has 0 fully saturated rings. The van der Waals surface area contributed by atoms with Gasteiger partial charge in [0.1, 0.15) is 24.1 Å². The largest absolute Gasteiger partial charge is 0.486 e. The number of nitrogens with one attached hydrogen (secondary N) is 1. The third kappa shape index (κ3) is 2.35. The number of fused-ring (bicyclic) bond motifs is 1. The Kier molecular flexibility index (Phi) is 3.13. The predicted octanol–water partition coefficient (Wildman–Crippen LogP) is 2.10. The molecule has 3 rings (SSSR count). The van der Waals surface area contributed by atoms with E-state index in [0.717, 1.165) is 0 Å². The molecule has 0 saturated carbocycles. The van der Waals surface area contributed by atoms with Crippen LogP contribution in [0.15, 0.2) is 18.2 Å². The van der Waals surface area contributed by atoms with Crippen LogP contribution in [0, 0.1) is 18.6 Å². The quantitative estimate of drug-likeness (QED) is 0.771. The molecule has 108 valence electrons. The van der Waals surface area contributed by atoms with Gasteiger partial charge in [-0.05, 0) is 18.6 Å². The van der Waals surface area contributed by atoms with Gasteiger partial charge in [0.15, 0.2) is 16.9 Å². The van der Waals surface area contributed by atoms with Crippen LogP contribution >= 0.6 is 0 Å². The molecule has 0 atom stereocenters. The van der Waals surface area contributed by atoms with Crippen molar-refractivity contribution in [2.24, 2.45) is 0 Å². The standard InChI is InChI=1S/C13H11F2N5O/c1-6-2-3-8(14)7(11(6)15)5-21-9-4-10(16)17-13-12(9)18-20-19-13/h2-4H,5H2,1H3,(H3,16,17,18,19,20). The zero-order valence-electron chi connectivity index (χ0n) is 11.0. The molecule has 0 aliphatic carbocycles. The van der Waals surface area contributed by atoms with Crippen LogP contribution in [0.3, 0.4) is 0 Å². The normalized spacial score (nSPS) is 11.0. The Morgan fingerprint density at radius 3 is 2.95 bits per heavy atom. The maximum atomic E-state index is 13.9. The van der Waals surface area contributed by atoms with Crippen molar-refractivity contribution in [3.63, 3.8) is 0 Å². The number of aryl methyl sites for hydroxylation is 1. The Hall–Kier alpha value is -2.77. The maximum absolute atomic E-state index is 13.9. The average Bonchev–Trinajstić information content (AvgIpc) is 2.91. The first-order chi connectivity index (χ1) is 10.1. The smallest absolute Gasteiger partial charge is 0.181 e. The van der Waals surface area contributed by atoms with E-state index >= 15 is 0 Å². The number of anilines is 1. The number of ether oxygens (including phenoxy) is 1. The Balaban J connectivity index is 1.94. The first kappa shape index (κ1) is 13.2. The highest BCUT2D eigenvalue weighted by Gasteiger charge is 2.14. The second-order valence-corrected chi connectivity index (χ2v) is 4.50. The summed E-state index contributed by atoms with van der Waals surface area (Å²) in [5.41, 5.74) is 6.50. The fourth-order valence-electron chi connectivity index (χ4n) is 1.94. The number of nitrogens with two attached hydrogens (primary N) is 1. The van der Waals surface area contributed by atoms with Crippen LogP contribution in [-0.2, 0) is 6.61 Å². The van der Waals surface area contributed by atoms with Crippen LogP contribution in [0.2, 0.25) is 0 Å². The van der Waals surface area contributed by atoms with Gasteiger partial charge in [-0.3, -0.25) is 0 Å². The number of pyridine rings is 1. The molecule has 3 aromatic rings. The van der Waals surface area contributed by atoms with Gasteiger partial charge in [0.05, 0.1) is 5.56 Å². The molecule has 2 heterocycles. The van der Waals surface area contributed by atoms with Gasteiger partial charge >= 0.3 is 0 Å². The summed E-state index contributed by atoms with van der Waals surface area (Å²) in [5, 5.41) is 9.93. The molecule has 1 aromatic carbocycles. The highest BCUT2D eigenvalue weighted by atomic mass is 19.1. The van der Waals surface area contributed by atoms with Crippen LogP contribution in [0.25, 0.3) is 11.2 Å². The summed E-state index contributed by atoms with van der Waals surface area (Å²) >= 11 is 0. The molecule has 0 radical (unpaired) electrons. The number of nitrogen functional groups attached to an aromatic ring is 1. The van der Waals surface area contributed by atoms with Gasteiger partial charge in [-0.2, -0.15) is 0 Å². The number of H-pyrrole nitrogens is 1. The SMILES string of the molecule is Cc1ccc(F)c(COc2cc(N)nc3[nH]nnc23)c1F. The highest BCUT2D eigenvalue weighted by molar-refractivity contribution is 5.78. The molecule has 0 bridgehead atoms. The fraction of sp³-hybridized carbons (Fsp3) is 0.154. The number of rotatable bonds is 3. The van der Waals surface area contributed by atoms with E-state index in [-0.39, 0.29) is 23.7 Å². The van der Waals surface area contributed by atoms with Crippen molar-refractivity contribution in [1.82, 2.24) is 20.4 Å². The topological polar surface area (TPSA) is 89.7 Å². The van der Waals surface area contributed by atoms with E-state index in [1.54, 1.807) is 6.92 Å². The van der Waals surface area contributed by atoms with E-state index in [9.17, 15) is 8.78 Å². The zero-order chi connectivity index (χ0) is 15.0. The fourth-order valence-corrected chi connectivity index (χ4v) is 1.94. The molecule has 3 N–H and O–H groups in total. The minimum Gasteiger partial charge on any atom is -0.486 e. The first-order valence-corrected chi connectivity index (χ1v) is 6.10. The van der Waals surface area contributed by atoms with E-state index in [4.69, 9.17) is 10.5 Å². The number of nitrogens with zero attached hydrogens (tertiary/aromatic N) is 3. The van der Waals surface area contributed by atoms with Gasteiger partial charge in [-0.25, -0.2) is 18.9 Å². The van der Waals surface area contributed by atoms with E-state index in [1.165, 1.54) is 18.2 Å². The van der Waals surface area contributed by atoms with Gasteiger partial charge in [0, 0.05) is 6.07 Å². The molecular formula is C13H11F2N5O. The highest BCUT2D eigenvalue weighted by Crippen LogP contribution is 2.25. The van der Waals surface area contributed by atoms with Crippen molar-refractivity contribution in [1.29, 1.82) is 0 Å². The molecule has 6 nitrogen and oxygen atoms in total. The van der Waals surface area contributed by atoms with Crippen LogP contribution in [0.4, 0.5) is 14.6 Å². The zero-order valence-corrected chi connectivity index (χ0v) is 11.0. The second-order valence-electron chi connectivity index (χ2n) is 4.50. The number of hydrogen-bond donors (Lipinski definition) is 2. The van der Waals surface area contributed by atoms with Crippen molar-refractivity contribution < 1.29 is 13.5 Å². The number of halogens is 2. The van der Waals surface area contributed by atoms with Gasteiger partial charge < -0.3 is 10.5 Å². The van der Waals surface area contributed by atoms with E-state index in [0.29, 0.717) is 16.7 Å². The number of hydrogen-bond acceptors (Lipinski definition) is 5. The number of aromatic amines is 1. The molecular weight excluding hydrogens is 280 g/mol. The van der Waals surface area contributed by atoms with Gasteiger partial charge in [0.2, 0.25) is 0 Å². The summed E-state index contributed by atoms with van der Waals surface area (Å²) in [4.78, 5) is 3.97. The predicted molar refractivity (Wildman–Crippen MR) is 71.5 cm³/mol. The van der Waals surface area contributed by atoms with Crippen molar-refractivity contribution in [2.75, 3.05) is 5.73 Å². The molecule has 0 saturated heterocycles. The monoisotopic (exact) mass is 291 g/mol. The summed E-state index contributed by atoms with van der Waals surface area (Å²) in [5.74, 6) is -0.856. The third-order valence-corrected chi connectivity index (χ3v) is 3.03. The lowest BCUT2D eigenvalue weighted by Crippen LogP contribution is -2.04. The Morgan fingerprint density at radius 1 is 1.33 bits per heavy atom. The number of benzene rings is 1. The van der Waals surface area contributed by atoms with Crippen LogP contribution < -0.4 is 10.5 Å². The second kappa shape index (κ2) is 4.97. The Bertz CT molecular complexity index is 818. The van der Waals surface area contributed by atoms with Crippen molar-refractivity contribution in [3.8, 4) is 5.75 Å². The Morgan fingerprint density at radius 2 is 2.14 bits per heavy atom. The lowest BCUT2D eigenvalue weighted by Gasteiger charge is -2.10. The van der Waals surface area contributed by atoms with Crippen LogP contribution in [0.5, 0.6) is 5.75 Å². The maximum Gasteiger partial charge on any atom is 0.181 e. The molecule has 21 heavy (non-hydrogen) atoms. The van der Waals surface area contributed by atoms with Crippen LogP contribution in [0.1, 0.15) is 11.1 Å². The average molecular weight is 291 g/mol. The van der Waals surface area contributed by atoms with Gasteiger partial charge in [-0.15, -0.1) is 5.10 Å². The van der Waals surface area contributed by atoms with E-state index in [1.807, 2.05) is 0 Å². The summed E-state index contributed by atoms with van der Waals surface area (Å²) in [6.45, 7) is 1.27.